The second-order valence-corrected chi connectivity index (χ2v) is 10.7. The SMILES string of the molecule is CC[C@@]12CCC3(O1)C(C(=O)Nc1ccc(Cl)cc1)N([C@H](C)CO)C(=O)[C@@H]3[C@@H]2C(=O)NCc1ccccc1. The molecule has 3 aliphatic heterocycles. The van der Waals surface area contributed by atoms with Crippen molar-refractivity contribution in [3.63, 3.8) is 0 Å². The summed E-state index contributed by atoms with van der Waals surface area (Å²) in [5.41, 5.74) is -0.488. The van der Waals surface area contributed by atoms with Crippen molar-refractivity contribution in [2.45, 2.75) is 62.9 Å². The average molecular weight is 526 g/mol. The van der Waals surface area contributed by atoms with E-state index in [1.54, 1.807) is 31.2 Å². The molecule has 0 radical (unpaired) electrons. The molecule has 3 N–H and O–H groups in total. The summed E-state index contributed by atoms with van der Waals surface area (Å²) in [5, 5.41) is 16.4. The van der Waals surface area contributed by atoms with Crippen molar-refractivity contribution in [2.24, 2.45) is 11.8 Å². The summed E-state index contributed by atoms with van der Waals surface area (Å²) >= 11 is 5.99. The lowest BCUT2D eigenvalue weighted by Crippen LogP contribution is -2.55. The first-order valence-electron chi connectivity index (χ1n) is 12.8. The second-order valence-electron chi connectivity index (χ2n) is 10.3. The van der Waals surface area contributed by atoms with Crippen LogP contribution in [0.5, 0.6) is 0 Å². The number of fused-ring (bicyclic) bond motifs is 1. The number of amides is 3. The zero-order valence-corrected chi connectivity index (χ0v) is 21.7. The Hall–Kier alpha value is -2.94. The summed E-state index contributed by atoms with van der Waals surface area (Å²) in [6.07, 6.45) is 1.60. The zero-order valence-electron chi connectivity index (χ0n) is 20.9. The summed E-state index contributed by atoms with van der Waals surface area (Å²) < 4.78 is 6.71. The van der Waals surface area contributed by atoms with Gasteiger partial charge in [-0.15, -0.1) is 0 Å². The molecule has 0 saturated carbocycles. The van der Waals surface area contributed by atoms with Gasteiger partial charge in [-0.05, 0) is 56.0 Å². The first-order chi connectivity index (χ1) is 17.8. The van der Waals surface area contributed by atoms with Crippen molar-refractivity contribution in [3.8, 4) is 0 Å². The van der Waals surface area contributed by atoms with Crippen LogP contribution in [0.4, 0.5) is 5.69 Å². The van der Waals surface area contributed by atoms with E-state index >= 15 is 0 Å². The molecule has 2 bridgehead atoms. The minimum Gasteiger partial charge on any atom is -0.394 e. The van der Waals surface area contributed by atoms with Gasteiger partial charge in [0.05, 0.1) is 30.1 Å². The molecule has 37 heavy (non-hydrogen) atoms. The highest BCUT2D eigenvalue weighted by atomic mass is 35.5. The molecule has 3 heterocycles. The molecule has 3 saturated heterocycles. The molecule has 9 heteroatoms. The zero-order chi connectivity index (χ0) is 26.4. The highest BCUT2D eigenvalue weighted by molar-refractivity contribution is 6.30. The number of aliphatic hydroxyl groups excluding tert-OH is 1. The molecule has 2 unspecified atom stereocenters. The molecule has 3 amide bonds. The summed E-state index contributed by atoms with van der Waals surface area (Å²) in [6, 6.07) is 14.7. The van der Waals surface area contributed by atoms with Crippen LogP contribution in [-0.2, 0) is 25.7 Å². The van der Waals surface area contributed by atoms with Gasteiger partial charge < -0.3 is 25.4 Å². The van der Waals surface area contributed by atoms with Gasteiger partial charge in [0.1, 0.15) is 11.6 Å². The quantitative estimate of drug-likeness (QED) is 0.491. The van der Waals surface area contributed by atoms with Gasteiger partial charge in [0.2, 0.25) is 17.7 Å². The van der Waals surface area contributed by atoms with Crippen LogP contribution in [0, 0.1) is 11.8 Å². The lowest BCUT2D eigenvalue weighted by Gasteiger charge is -2.36. The Balaban J connectivity index is 1.49. The van der Waals surface area contributed by atoms with E-state index < -0.39 is 41.0 Å². The van der Waals surface area contributed by atoms with Gasteiger partial charge in [0, 0.05) is 17.3 Å². The number of carbonyl (C=O) groups excluding carboxylic acids is 3. The third-order valence-corrected chi connectivity index (χ3v) is 8.56. The van der Waals surface area contributed by atoms with E-state index in [-0.39, 0.29) is 18.4 Å². The Morgan fingerprint density at radius 3 is 2.49 bits per heavy atom. The van der Waals surface area contributed by atoms with Gasteiger partial charge in [0.25, 0.3) is 0 Å². The van der Waals surface area contributed by atoms with Crippen LogP contribution in [0.1, 0.15) is 38.7 Å². The van der Waals surface area contributed by atoms with Crippen molar-refractivity contribution in [1.82, 2.24) is 10.2 Å². The number of nitrogens with zero attached hydrogens (tertiary/aromatic N) is 1. The minimum absolute atomic E-state index is 0.249. The Kier molecular flexibility index (Phi) is 6.77. The number of anilines is 1. The van der Waals surface area contributed by atoms with E-state index in [4.69, 9.17) is 16.3 Å². The Morgan fingerprint density at radius 1 is 1.14 bits per heavy atom. The molecule has 5 rings (SSSR count). The standard InChI is InChI=1S/C28H32ClN3O5/c1-3-27-13-14-28(37-27)22(21(27)24(34)30-15-18-7-5-4-6-8-18)26(36)32(17(2)16-33)23(28)25(35)31-20-11-9-19(29)10-12-20/h4-12,17,21-23,33H,3,13-16H2,1-2H3,(H,30,34)(H,31,35)/t17-,21-,22+,23?,27+,28?/m1/s1. The largest absolute Gasteiger partial charge is 0.394 e. The number of carbonyl (C=O) groups is 3. The number of rotatable bonds is 8. The number of nitrogens with one attached hydrogen (secondary N) is 2. The topological polar surface area (TPSA) is 108 Å². The number of hydrogen-bond acceptors (Lipinski definition) is 5. The van der Waals surface area contributed by atoms with Gasteiger partial charge in [-0.1, -0.05) is 48.9 Å². The van der Waals surface area contributed by atoms with Gasteiger partial charge >= 0.3 is 0 Å². The van der Waals surface area contributed by atoms with Crippen LogP contribution in [0.15, 0.2) is 54.6 Å². The van der Waals surface area contributed by atoms with E-state index in [2.05, 4.69) is 10.6 Å². The van der Waals surface area contributed by atoms with Crippen molar-refractivity contribution in [2.75, 3.05) is 11.9 Å². The van der Waals surface area contributed by atoms with E-state index in [0.717, 1.165) is 5.56 Å². The third-order valence-electron chi connectivity index (χ3n) is 8.31. The van der Waals surface area contributed by atoms with E-state index in [1.807, 2.05) is 37.3 Å². The maximum atomic E-state index is 14.0. The summed E-state index contributed by atoms with van der Waals surface area (Å²) in [4.78, 5) is 42.9. The van der Waals surface area contributed by atoms with Gasteiger partial charge in [0.15, 0.2) is 0 Å². The summed E-state index contributed by atoms with van der Waals surface area (Å²) in [7, 11) is 0. The van der Waals surface area contributed by atoms with Crippen molar-refractivity contribution in [1.29, 1.82) is 0 Å². The predicted octanol–water partition coefficient (Wildman–Crippen LogP) is 3.13. The number of benzene rings is 2. The Morgan fingerprint density at radius 2 is 1.84 bits per heavy atom. The lowest BCUT2D eigenvalue weighted by molar-refractivity contribution is -0.148. The molecule has 2 aromatic carbocycles. The molecule has 2 aromatic rings. The number of halogens is 1. The van der Waals surface area contributed by atoms with Crippen LogP contribution in [0.25, 0.3) is 0 Å². The van der Waals surface area contributed by atoms with Gasteiger partial charge in [-0.2, -0.15) is 0 Å². The van der Waals surface area contributed by atoms with Crippen LogP contribution in [-0.4, -0.2) is 57.6 Å². The fraction of sp³-hybridized carbons (Fsp3) is 0.464. The minimum atomic E-state index is -1.15. The highest BCUT2D eigenvalue weighted by Gasteiger charge is 2.78. The molecular weight excluding hydrogens is 494 g/mol. The molecule has 196 valence electrons. The van der Waals surface area contributed by atoms with Crippen LogP contribution >= 0.6 is 11.6 Å². The molecule has 3 fully saturated rings. The normalized spacial score (nSPS) is 30.8. The first-order valence-corrected chi connectivity index (χ1v) is 13.2. The fourth-order valence-corrected chi connectivity index (χ4v) is 6.68. The first kappa shape index (κ1) is 25.7. The van der Waals surface area contributed by atoms with Gasteiger partial charge in [-0.3, -0.25) is 14.4 Å². The van der Waals surface area contributed by atoms with E-state index in [1.165, 1.54) is 4.90 Å². The van der Waals surface area contributed by atoms with E-state index in [0.29, 0.717) is 36.5 Å². The number of aliphatic hydroxyl groups is 1. The predicted molar refractivity (Wildman–Crippen MR) is 139 cm³/mol. The molecular formula is C28H32ClN3O5. The maximum absolute atomic E-state index is 14.0. The van der Waals surface area contributed by atoms with Crippen LogP contribution < -0.4 is 10.6 Å². The maximum Gasteiger partial charge on any atom is 0.250 e. The lowest BCUT2D eigenvalue weighted by atomic mass is 9.65. The Bertz CT molecular complexity index is 1190. The second kappa shape index (κ2) is 9.74. The third kappa shape index (κ3) is 4.11. The fourth-order valence-electron chi connectivity index (χ4n) is 6.55. The van der Waals surface area contributed by atoms with Gasteiger partial charge in [-0.25, -0.2) is 0 Å². The van der Waals surface area contributed by atoms with Crippen molar-refractivity contribution in [3.05, 3.63) is 65.2 Å². The van der Waals surface area contributed by atoms with Crippen molar-refractivity contribution < 1.29 is 24.2 Å². The monoisotopic (exact) mass is 525 g/mol. The number of ether oxygens (including phenoxy) is 1. The molecule has 8 nitrogen and oxygen atoms in total. The smallest absolute Gasteiger partial charge is 0.250 e. The molecule has 3 aliphatic rings. The molecule has 6 atom stereocenters. The number of hydrogen-bond donors (Lipinski definition) is 3. The van der Waals surface area contributed by atoms with Crippen LogP contribution in [0.3, 0.4) is 0 Å². The summed E-state index contributed by atoms with van der Waals surface area (Å²) in [6.45, 7) is 3.67. The molecule has 1 spiro atoms. The van der Waals surface area contributed by atoms with Crippen LogP contribution in [0.2, 0.25) is 5.02 Å². The average Bonchev–Trinajstić information content (AvgIpc) is 3.52. The van der Waals surface area contributed by atoms with E-state index in [9.17, 15) is 19.5 Å². The van der Waals surface area contributed by atoms with Crippen molar-refractivity contribution >= 4 is 35.0 Å². The summed E-state index contributed by atoms with van der Waals surface area (Å²) in [5.74, 6) is -2.53. The molecule has 0 aromatic heterocycles. The number of likely N-dealkylation sites (tertiary alicyclic amines) is 1. The Labute approximate surface area is 221 Å². The highest BCUT2D eigenvalue weighted by Crippen LogP contribution is 2.64. The molecule has 0 aliphatic carbocycles.